The molecular weight excluding hydrogens is 232 g/mol. The van der Waals surface area contributed by atoms with Crippen LogP contribution in [0.5, 0.6) is 0 Å². The quantitative estimate of drug-likeness (QED) is 0.758. The molecule has 1 atom stereocenters. The van der Waals surface area contributed by atoms with Crippen LogP contribution in [0.1, 0.15) is 18.8 Å². The third-order valence-corrected chi connectivity index (χ3v) is 2.41. The van der Waals surface area contributed by atoms with E-state index in [1.165, 1.54) is 0 Å². The molecule has 0 spiro atoms. The smallest absolute Gasteiger partial charge is 0.184 e. The second kappa shape index (κ2) is 5.37. The van der Waals surface area contributed by atoms with Gasteiger partial charge in [0, 0.05) is 23.8 Å². The molecule has 0 radical (unpaired) electrons. The van der Waals surface area contributed by atoms with Crippen LogP contribution in [-0.2, 0) is 9.47 Å². The number of hydrogen-bond acceptors (Lipinski definition) is 2. The van der Waals surface area contributed by atoms with E-state index in [1.54, 1.807) is 7.11 Å². The zero-order chi connectivity index (χ0) is 9.68. The molecule has 72 valence electrons. The van der Waals surface area contributed by atoms with Crippen molar-refractivity contribution < 1.29 is 9.47 Å². The maximum absolute atomic E-state index is 5.41. The molecule has 1 rings (SSSR count). The topological polar surface area (TPSA) is 18.5 Å². The van der Waals surface area contributed by atoms with Crippen LogP contribution in [0.15, 0.2) is 28.7 Å². The molecule has 0 saturated carbocycles. The summed E-state index contributed by atoms with van der Waals surface area (Å²) in [7, 11) is 1.64. The first-order valence-corrected chi connectivity index (χ1v) is 4.97. The first-order chi connectivity index (χ1) is 6.29. The van der Waals surface area contributed by atoms with Crippen molar-refractivity contribution in [3.8, 4) is 0 Å². The molecule has 2 nitrogen and oxygen atoms in total. The van der Waals surface area contributed by atoms with Gasteiger partial charge in [0.1, 0.15) is 0 Å². The van der Waals surface area contributed by atoms with Crippen molar-refractivity contribution in [3.63, 3.8) is 0 Å². The molecule has 0 aromatic heterocycles. The molecule has 0 fully saturated rings. The highest BCUT2D eigenvalue weighted by molar-refractivity contribution is 9.10. The summed E-state index contributed by atoms with van der Waals surface area (Å²) in [5.74, 6) is 0. The summed E-state index contributed by atoms with van der Waals surface area (Å²) in [5.41, 5.74) is 1.02. The zero-order valence-electron chi connectivity index (χ0n) is 7.79. The number of methoxy groups -OCH3 is 1. The summed E-state index contributed by atoms with van der Waals surface area (Å²) in [6, 6.07) is 7.88. The maximum Gasteiger partial charge on any atom is 0.184 e. The van der Waals surface area contributed by atoms with Crippen molar-refractivity contribution in [2.75, 3.05) is 13.7 Å². The van der Waals surface area contributed by atoms with E-state index in [0.29, 0.717) is 6.61 Å². The highest BCUT2D eigenvalue weighted by Crippen LogP contribution is 2.25. The summed E-state index contributed by atoms with van der Waals surface area (Å²) in [6.45, 7) is 2.59. The summed E-state index contributed by atoms with van der Waals surface area (Å²) < 4.78 is 11.6. The fourth-order valence-electron chi connectivity index (χ4n) is 1.10. The van der Waals surface area contributed by atoms with Crippen LogP contribution in [0.25, 0.3) is 0 Å². The third kappa shape index (κ3) is 2.79. The van der Waals surface area contributed by atoms with Gasteiger partial charge >= 0.3 is 0 Å². The number of rotatable bonds is 4. The fraction of sp³-hybridized carbons (Fsp3) is 0.400. The maximum atomic E-state index is 5.41. The average molecular weight is 245 g/mol. The van der Waals surface area contributed by atoms with E-state index in [4.69, 9.17) is 9.47 Å². The molecule has 1 aromatic carbocycles. The number of hydrogen-bond donors (Lipinski definition) is 0. The van der Waals surface area contributed by atoms with Crippen LogP contribution in [0.3, 0.4) is 0 Å². The van der Waals surface area contributed by atoms with Gasteiger partial charge in [-0.25, -0.2) is 0 Å². The van der Waals surface area contributed by atoms with Gasteiger partial charge in [0.15, 0.2) is 6.29 Å². The molecule has 0 N–H and O–H groups in total. The molecule has 1 aromatic rings. The monoisotopic (exact) mass is 244 g/mol. The average Bonchev–Trinajstić information content (AvgIpc) is 2.16. The zero-order valence-corrected chi connectivity index (χ0v) is 9.37. The lowest BCUT2D eigenvalue weighted by Gasteiger charge is -2.16. The Bertz CT molecular complexity index is 263. The molecule has 0 aliphatic rings. The minimum Gasteiger partial charge on any atom is -0.352 e. The van der Waals surface area contributed by atoms with Crippen molar-refractivity contribution >= 4 is 15.9 Å². The summed E-state index contributed by atoms with van der Waals surface area (Å²) in [5, 5.41) is 0. The summed E-state index contributed by atoms with van der Waals surface area (Å²) >= 11 is 3.45. The summed E-state index contributed by atoms with van der Waals surface area (Å²) in [6.07, 6.45) is -0.277. The van der Waals surface area contributed by atoms with Crippen LogP contribution >= 0.6 is 15.9 Å². The first-order valence-electron chi connectivity index (χ1n) is 4.18. The number of benzene rings is 1. The molecule has 0 aliphatic heterocycles. The van der Waals surface area contributed by atoms with Crippen molar-refractivity contribution in [2.45, 2.75) is 13.2 Å². The van der Waals surface area contributed by atoms with E-state index >= 15 is 0 Å². The van der Waals surface area contributed by atoms with Gasteiger partial charge in [-0.2, -0.15) is 0 Å². The third-order valence-electron chi connectivity index (χ3n) is 1.69. The Morgan fingerprint density at radius 3 is 2.62 bits per heavy atom. The van der Waals surface area contributed by atoms with Gasteiger partial charge in [0.25, 0.3) is 0 Å². The standard InChI is InChI=1S/C10H13BrO2/c1-3-13-10(12-2)8-6-4-5-7-9(8)11/h4-7,10H,3H2,1-2H3. The SMILES string of the molecule is CCOC(OC)c1ccccc1Br. The highest BCUT2D eigenvalue weighted by Gasteiger charge is 2.12. The normalized spacial score (nSPS) is 12.8. The number of ether oxygens (including phenoxy) is 2. The Balaban J connectivity index is 2.84. The van der Waals surface area contributed by atoms with Crippen LogP contribution in [-0.4, -0.2) is 13.7 Å². The van der Waals surface area contributed by atoms with Crippen molar-refractivity contribution in [1.29, 1.82) is 0 Å². The second-order valence-corrected chi connectivity index (χ2v) is 3.40. The van der Waals surface area contributed by atoms with E-state index in [1.807, 2.05) is 31.2 Å². The predicted octanol–water partition coefficient (Wildman–Crippen LogP) is 3.13. The van der Waals surface area contributed by atoms with E-state index < -0.39 is 0 Å². The molecule has 0 amide bonds. The highest BCUT2D eigenvalue weighted by atomic mass is 79.9. The Morgan fingerprint density at radius 1 is 1.38 bits per heavy atom. The van der Waals surface area contributed by atoms with Crippen LogP contribution in [0, 0.1) is 0 Å². The minimum absolute atomic E-state index is 0.277. The van der Waals surface area contributed by atoms with Gasteiger partial charge in [-0.05, 0) is 13.0 Å². The molecule has 0 heterocycles. The molecule has 0 saturated heterocycles. The Morgan fingerprint density at radius 2 is 2.08 bits per heavy atom. The van der Waals surface area contributed by atoms with E-state index in [-0.39, 0.29) is 6.29 Å². The van der Waals surface area contributed by atoms with E-state index in [2.05, 4.69) is 15.9 Å². The lowest BCUT2D eigenvalue weighted by Crippen LogP contribution is -2.06. The van der Waals surface area contributed by atoms with Gasteiger partial charge in [-0.15, -0.1) is 0 Å². The summed E-state index contributed by atoms with van der Waals surface area (Å²) in [4.78, 5) is 0. The number of halogens is 1. The predicted molar refractivity (Wildman–Crippen MR) is 55.5 cm³/mol. The minimum atomic E-state index is -0.277. The van der Waals surface area contributed by atoms with Crippen LogP contribution < -0.4 is 0 Å². The molecule has 1 unspecified atom stereocenters. The van der Waals surface area contributed by atoms with Gasteiger partial charge in [0.05, 0.1) is 0 Å². The largest absolute Gasteiger partial charge is 0.352 e. The molecular formula is C10H13BrO2. The van der Waals surface area contributed by atoms with Gasteiger partial charge < -0.3 is 9.47 Å². The molecule has 0 bridgehead atoms. The molecule has 0 aliphatic carbocycles. The van der Waals surface area contributed by atoms with Crippen molar-refractivity contribution in [2.24, 2.45) is 0 Å². The Kier molecular flexibility index (Phi) is 4.42. The van der Waals surface area contributed by atoms with Gasteiger partial charge in [-0.3, -0.25) is 0 Å². The lowest BCUT2D eigenvalue weighted by atomic mass is 10.2. The molecule has 13 heavy (non-hydrogen) atoms. The van der Waals surface area contributed by atoms with Crippen molar-refractivity contribution in [1.82, 2.24) is 0 Å². The van der Waals surface area contributed by atoms with Gasteiger partial charge in [0.2, 0.25) is 0 Å². The fourth-order valence-corrected chi connectivity index (χ4v) is 1.57. The first kappa shape index (κ1) is 10.7. The van der Waals surface area contributed by atoms with E-state index in [9.17, 15) is 0 Å². The van der Waals surface area contributed by atoms with E-state index in [0.717, 1.165) is 10.0 Å². The van der Waals surface area contributed by atoms with Crippen LogP contribution in [0.4, 0.5) is 0 Å². The van der Waals surface area contributed by atoms with Crippen LogP contribution in [0.2, 0.25) is 0 Å². The Labute approximate surface area is 87.0 Å². The second-order valence-electron chi connectivity index (χ2n) is 2.54. The van der Waals surface area contributed by atoms with Gasteiger partial charge in [-0.1, -0.05) is 34.1 Å². The van der Waals surface area contributed by atoms with Crippen molar-refractivity contribution in [3.05, 3.63) is 34.3 Å². The molecule has 3 heteroatoms. The lowest BCUT2D eigenvalue weighted by molar-refractivity contribution is -0.124. The Hall–Kier alpha value is -0.380.